The summed E-state index contributed by atoms with van der Waals surface area (Å²) in [5.41, 5.74) is 3.30. The van der Waals surface area contributed by atoms with Crippen molar-refractivity contribution >= 4 is 17.6 Å². The monoisotopic (exact) mass is 395 g/mol. The van der Waals surface area contributed by atoms with Gasteiger partial charge in [-0.1, -0.05) is 48.5 Å². The second kappa shape index (κ2) is 8.37. The van der Waals surface area contributed by atoms with Crippen LogP contribution in [0.15, 0.2) is 48.5 Å². The maximum atomic E-state index is 13.3. The average Bonchev–Trinajstić information content (AvgIpc) is 2.62. The van der Waals surface area contributed by atoms with Crippen molar-refractivity contribution in [2.75, 3.05) is 26.0 Å². The molecular weight excluding hydrogens is 364 g/mol. The van der Waals surface area contributed by atoms with E-state index in [-0.39, 0.29) is 29.5 Å². The van der Waals surface area contributed by atoms with Gasteiger partial charge in [0.25, 0.3) is 5.91 Å². The molecule has 1 N–H and O–H groups in total. The number of nitrogens with zero attached hydrogens (tertiary/aromatic N) is 1. The number of ether oxygens (including phenoxy) is 1. The zero-order valence-corrected chi connectivity index (χ0v) is 17.8. The number of nitrogens with one attached hydrogen (secondary N) is 1. The number of esters is 1. The maximum absolute atomic E-state index is 13.3. The minimum atomic E-state index is -0.611. The Bertz CT molecular complexity index is 866. The van der Waals surface area contributed by atoms with E-state index in [2.05, 4.69) is 5.32 Å². The predicted octanol–water partition coefficient (Wildman–Crippen LogP) is 3.98. The Kier molecular flexibility index (Phi) is 6.08. The van der Waals surface area contributed by atoms with Crippen LogP contribution in [0.2, 0.25) is 0 Å². The lowest BCUT2D eigenvalue weighted by Gasteiger charge is -2.51. The minimum Gasteiger partial charge on any atom is -0.457 e. The van der Waals surface area contributed by atoms with E-state index in [9.17, 15) is 9.59 Å². The van der Waals surface area contributed by atoms with Crippen molar-refractivity contribution in [1.29, 1.82) is 0 Å². The largest absolute Gasteiger partial charge is 0.457 e. The van der Waals surface area contributed by atoms with Crippen LogP contribution in [0.1, 0.15) is 36.0 Å². The summed E-state index contributed by atoms with van der Waals surface area (Å²) >= 11 is 0. The Morgan fingerprint density at radius 1 is 1.00 bits per heavy atom. The molecule has 1 fully saturated rings. The van der Waals surface area contributed by atoms with Gasteiger partial charge >= 0.3 is 5.97 Å². The first-order valence-corrected chi connectivity index (χ1v) is 10.2. The van der Waals surface area contributed by atoms with Gasteiger partial charge in [-0.3, -0.25) is 4.79 Å². The van der Waals surface area contributed by atoms with Crippen molar-refractivity contribution in [3.8, 4) is 0 Å². The molecule has 0 aliphatic heterocycles. The Morgan fingerprint density at radius 3 is 2.17 bits per heavy atom. The van der Waals surface area contributed by atoms with E-state index >= 15 is 0 Å². The number of likely N-dealkylation sites (N-methyl/N-ethyl adjacent to an activating group) is 1. The molecule has 0 spiro atoms. The normalized spacial score (nSPS) is 15.3. The number of carbonyl (C=O) groups is 2. The summed E-state index contributed by atoms with van der Waals surface area (Å²) in [7, 11) is 3.90. The van der Waals surface area contributed by atoms with Gasteiger partial charge in [0, 0.05) is 18.5 Å². The summed E-state index contributed by atoms with van der Waals surface area (Å²) in [6.07, 6.45) is 2.52. The Hall–Kier alpha value is -2.66. The fraction of sp³-hybridized carbons (Fsp3) is 0.417. The molecule has 1 aliphatic rings. The molecule has 0 bridgehead atoms. The zero-order valence-electron chi connectivity index (χ0n) is 17.8. The highest BCUT2D eigenvalue weighted by Gasteiger charge is 2.57. The van der Waals surface area contributed by atoms with Crippen molar-refractivity contribution in [3.63, 3.8) is 0 Å². The van der Waals surface area contributed by atoms with E-state index < -0.39 is 5.54 Å². The van der Waals surface area contributed by atoms with E-state index in [0.717, 1.165) is 41.6 Å². The van der Waals surface area contributed by atoms with Crippen molar-refractivity contribution in [1.82, 2.24) is 0 Å². The third-order valence-corrected chi connectivity index (χ3v) is 6.25. The number of anilines is 1. The van der Waals surface area contributed by atoms with Crippen LogP contribution in [-0.4, -0.2) is 42.5 Å². The van der Waals surface area contributed by atoms with E-state index in [0.29, 0.717) is 0 Å². The molecule has 5 nitrogen and oxygen atoms in total. The fourth-order valence-corrected chi connectivity index (χ4v) is 4.12. The quantitative estimate of drug-likeness (QED) is 0.570. The fourth-order valence-electron chi connectivity index (χ4n) is 4.12. The molecule has 0 radical (unpaired) electrons. The molecule has 0 saturated heterocycles. The highest BCUT2D eigenvalue weighted by atomic mass is 16.5. The Morgan fingerprint density at radius 2 is 1.62 bits per heavy atom. The molecule has 0 atom stereocenters. The van der Waals surface area contributed by atoms with Gasteiger partial charge in [-0.05, 0) is 37.0 Å². The topological polar surface area (TPSA) is 55.4 Å². The molecule has 1 amide bonds. The molecule has 0 unspecified atom stereocenters. The van der Waals surface area contributed by atoms with Crippen LogP contribution >= 0.6 is 0 Å². The van der Waals surface area contributed by atoms with Gasteiger partial charge < -0.3 is 14.5 Å². The van der Waals surface area contributed by atoms with Crippen LogP contribution in [0, 0.1) is 13.8 Å². The molecule has 154 valence electrons. The molecule has 1 aliphatic carbocycles. The maximum Gasteiger partial charge on any atom is 0.362 e. The third-order valence-electron chi connectivity index (χ3n) is 6.25. The van der Waals surface area contributed by atoms with Gasteiger partial charge in [-0.15, -0.1) is 0 Å². The second-order valence-electron chi connectivity index (χ2n) is 8.60. The minimum absolute atomic E-state index is 0.0120. The molecule has 3 rings (SSSR count). The third kappa shape index (κ3) is 4.35. The number of benzene rings is 2. The summed E-state index contributed by atoms with van der Waals surface area (Å²) < 4.78 is 5.77. The molecular formula is C24H31N2O3+. The van der Waals surface area contributed by atoms with E-state index in [1.165, 1.54) is 0 Å². The number of rotatable bonds is 7. The highest BCUT2D eigenvalue weighted by Crippen LogP contribution is 2.42. The first-order valence-electron chi connectivity index (χ1n) is 10.2. The Balaban J connectivity index is 1.69. The van der Waals surface area contributed by atoms with Gasteiger partial charge in [0.05, 0.1) is 14.1 Å². The van der Waals surface area contributed by atoms with Crippen molar-refractivity contribution < 1.29 is 18.8 Å². The van der Waals surface area contributed by atoms with E-state index in [4.69, 9.17) is 4.74 Å². The molecule has 0 aromatic heterocycles. The summed E-state index contributed by atoms with van der Waals surface area (Å²) in [6, 6.07) is 15.6. The lowest BCUT2D eigenvalue weighted by atomic mass is 9.73. The molecule has 2 aromatic carbocycles. The van der Waals surface area contributed by atoms with Crippen molar-refractivity contribution in [2.24, 2.45) is 0 Å². The zero-order chi connectivity index (χ0) is 21.1. The first-order chi connectivity index (χ1) is 13.7. The molecule has 5 heteroatoms. The summed E-state index contributed by atoms with van der Waals surface area (Å²) in [4.78, 5) is 25.9. The summed E-state index contributed by atoms with van der Waals surface area (Å²) in [6.45, 7) is 4.41. The van der Waals surface area contributed by atoms with Gasteiger partial charge in [-0.25, -0.2) is 4.79 Å². The van der Waals surface area contributed by atoms with Gasteiger partial charge in [-0.2, -0.15) is 0 Å². The Labute approximate surface area is 173 Å². The SMILES string of the molecule is Cc1cccc(C)c1NC(=O)C1([N+](C)(C)CC(=O)OCc2ccccc2)CCC1. The summed E-state index contributed by atoms with van der Waals surface area (Å²) in [5, 5.41) is 3.15. The van der Waals surface area contributed by atoms with Crippen LogP contribution in [-0.2, 0) is 20.9 Å². The number of para-hydroxylation sites is 1. The lowest BCUT2D eigenvalue weighted by molar-refractivity contribution is -0.931. The average molecular weight is 396 g/mol. The van der Waals surface area contributed by atoms with E-state index in [1.807, 2.05) is 76.5 Å². The smallest absolute Gasteiger partial charge is 0.362 e. The van der Waals surface area contributed by atoms with Crippen LogP contribution < -0.4 is 5.32 Å². The lowest BCUT2D eigenvalue weighted by Crippen LogP contribution is -2.70. The van der Waals surface area contributed by atoms with Gasteiger partial charge in [0.2, 0.25) is 0 Å². The highest BCUT2D eigenvalue weighted by molar-refractivity contribution is 5.99. The number of hydrogen-bond acceptors (Lipinski definition) is 3. The van der Waals surface area contributed by atoms with Crippen LogP contribution in [0.25, 0.3) is 0 Å². The molecule has 29 heavy (non-hydrogen) atoms. The summed E-state index contributed by atoms with van der Waals surface area (Å²) in [5.74, 6) is -0.299. The van der Waals surface area contributed by atoms with Crippen LogP contribution in [0.5, 0.6) is 0 Å². The molecule has 2 aromatic rings. The molecule has 1 saturated carbocycles. The number of hydrogen-bond donors (Lipinski definition) is 1. The standard InChI is InChI=1S/C24H30N2O3/c1-18-10-8-11-19(2)22(18)25-23(28)24(14-9-15-24)26(3,4)16-21(27)29-17-20-12-6-5-7-13-20/h5-8,10-13H,9,14-17H2,1-4H3/p+1. The number of carbonyl (C=O) groups excluding carboxylic acids is 2. The predicted molar refractivity (Wildman–Crippen MR) is 114 cm³/mol. The second-order valence-corrected chi connectivity index (χ2v) is 8.60. The van der Waals surface area contributed by atoms with Crippen LogP contribution in [0.3, 0.4) is 0 Å². The van der Waals surface area contributed by atoms with Crippen molar-refractivity contribution in [3.05, 3.63) is 65.2 Å². The van der Waals surface area contributed by atoms with Gasteiger partial charge in [0.15, 0.2) is 12.1 Å². The van der Waals surface area contributed by atoms with Crippen molar-refractivity contribution in [2.45, 2.75) is 45.3 Å². The number of aryl methyl sites for hydroxylation is 2. The van der Waals surface area contributed by atoms with E-state index in [1.54, 1.807) is 0 Å². The first kappa shape index (κ1) is 21.1. The molecule has 0 heterocycles. The van der Waals surface area contributed by atoms with Gasteiger partial charge in [0.1, 0.15) is 6.61 Å². The van der Waals surface area contributed by atoms with Crippen LogP contribution in [0.4, 0.5) is 5.69 Å². The number of amides is 1. The number of quaternary nitrogens is 1.